The van der Waals surface area contributed by atoms with E-state index in [2.05, 4.69) is 14.3 Å². The molecule has 0 unspecified atom stereocenters. The van der Waals surface area contributed by atoms with Crippen LogP contribution in [-0.4, -0.2) is 25.9 Å². The molecule has 0 aromatic carbocycles. The average molecular weight is 242 g/mol. The molecule has 0 amide bonds. The predicted octanol–water partition coefficient (Wildman–Crippen LogP) is -0.966. The van der Waals surface area contributed by atoms with E-state index in [0.29, 0.717) is 0 Å². The van der Waals surface area contributed by atoms with E-state index in [-0.39, 0.29) is 6.15 Å². The fourth-order valence-electron chi connectivity index (χ4n) is 0.0702. The zero-order valence-corrected chi connectivity index (χ0v) is 7.41. The Bertz CT molecular complexity index is 265. The van der Waals surface area contributed by atoms with Crippen molar-refractivity contribution in [2.45, 2.75) is 0 Å². The van der Waals surface area contributed by atoms with E-state index in [0.717, 1.165) is 0 Å². The summed E-state index contributed by atoms with van der Waals surface area (Å²) in [6.45, 7) is 0. The lowest BCUT2D eigenvalue weighted by molar-refractivity contribution is -0.105. The van der Waals surface area contributed by atoms with Crippen molar-refractivity contribution in [3.8, 4) is 0 Å². The zero-order valence-electron chi connectivity index (χ0n) is 5.78. The molecule has 0 heterocycles. The maximum Gasteiger partial charge on any atom is 0.425 e. The van der Waals surface area contributed by atoms with Crippen molar-refractivity contribution in [1.82, 2.24) is 6.15 Å². The van der Waals surface area contributed by atoms with Gasteiger partial charge in [0.05, 0.1) is 0 Å². The first-order valence-corrected chi connectivity index (χ1v) is 4.47. The van der Waals surface area contributed by atoms with Gasteiger partial charge in [-0.3, -0.25) is 9.11 Å². The molecule has 0 aromatic heterocycles. The Hall–Kier alpha value is -0.700. The molecule has 0 spiro atoms. The molecule has 13 heavy (non-hydrogen) atoms. The van der Waals surface area contributed by atoms with Gasteiger partial charge in [0.25, 0.3) is 0 Å². The van der Waals surface area contributed by atoms with Crippen molar-refractivity contribution in [2.75, 3.05) is 0 Å². The van der Waals surface area contributed by atoms with Gasteiger partial charge in [0.15, 0.2) is 0 Å². The molecule has 0 bridgehead atoms. The van der Waals surface area contributed by atoms with Crippen LogP contribution in [-0.2, 0) is 29.5 Å². The first kappa shape index (κ1) is 18.2. The number of nitroso groups, excluding NO2 is 1. The van der Waals surface area contributed by atoms with Crippen LogP contribution in [0, 0.1) is 10.5 Å². The lowest BCUT2D eigenvalue weighted by Crippen LogP contribution is -2.10. The first-order chi connectivity index (χ1) is 5.21. The van der Waals surface area contributed by atoms with Crippen LogP contribution in [0.25, 0.3) is 0 Å². The van der Waals surface area contributed by atoms with Crippen molar-refractivity contribution >= 4 is 20.8 Å². The SMILES string of the molecule is N.N=O.O=S(=O)(O)OOS(=O)(=O)O. The second kappa shape index (κ2) is 6.78. The van der Waals surface area contributed by atoms with Crippen molar-refractivity contribution in [3.63, 3.8) is 0 Å². The van der Waals surface area contributed by atoms with Crippen LogP contribution in [0.3, 0.4) is 0 Å². The smallest absolute Gasteiger partial charge is 0.344 e. The molecule has 0 saturated heterocycles. The molecule has 0 fully saturated rings. The molecule has 0 rings (SSSR count). The number of hydrogen-bond acceptors (Lipinski definition) is 9. The van der Waals surface area contributed by atoms with Gasteiger partial charge in [-0.05, 0) is 0 Å². The van der Waals surface area contributed by atoms with Crippen LogP contribution in [0.5, 0.6) is 0 Å². The van der Waals surface area contributed by atoms with Gasteiger partial charge in [-0.1, -0.05) is 14.3 Å². The minimum absolute atomic E-state index is 0. The highest BCUT2D eigenvalue weighted by molar-refractivity contribution is 7.83. The molecule has 0 aliphatic heterocycles. The quantitative estimate of drug-likeness (QED) is 0.206. The third kappa shape index (κ3) is 24.6. The summed E-state index contributed by atoms with van der Waals surface area (Å²) in [5, 5.41) is 0. The molecule has 13 heteroatoms. The van der Waals surface area contributed by atoms with Gasteiger partial charge in [0.1, 0.15) is 0 Å². The van der Waals surface area contributed by atoms with E-state index in [1.807, 2.05) is 0 Å². The summed E-state index contributed by atoms with van der Waals surface area (Å²) in [4.78, 5) is 7.50. The molecule has 0 aliphatic rings. The summed E-state index contributed by atoms with van der Waals surface area (Å²) >= 11 is 0. The molecule has 0 radical (unpaired) electrons. The molecule has 6 N–H and O–H groups in total. The Morgan fingerprint density at radius 1 is 0.846 bits per heavy atom. The van der Waals surface area contributed by atoms with Gasteiger partial charge in [0, 0.05) is 0 Å². The summed E-state index contributed by atoms with van der Waals surface area (Å²) in [5.41, 5.74) is 4.50. The average Bonchev–Trinajstić information content (AvgIpc) is 1.86. The van der Waals surface area contributed by atoms with E-state index in [9.17, 15) is 16.8 Å². The molecule has 0 saturated carbocycles. The Morgan fingerprint density at radius 2 is 1.00 bits per heavy atom. The molecule has 82 valence electrons. The van der Waals surface area contributed by atoms with E-state index >= 15 is 0 Å². The minimum Gasteiger partial charge on any atom is -0.344 e. The maximum atomic E-state index is 9.51. The summed E-state index contributed by atoms with van der Waals surface area (Å²) in [6, 6.07) is 0. The van der Waals surface area contributed by atoms with Gasteiger partial charge in [-0.15, -0.1) is 0 Å². The highest BCUT2D eigenvalue weighted by atomic mass is 32.3. The summed E-state index contributed by atoms with van der Waals surface area (Å²) in [5.74, 6) is 0. The Morgan fingerprint density at radius 3 is 1.08 bits per heavy atom. The van der Waals surface area contributed by atoms with E-state index in [1.54, 1.807) is 0 Å². The van der Waals surface area contributed by atoms with Crippen LogP contribution in [0.15, 0.2) is 0 Å². The molecular formula is H6N2O9S2. The highest BCUT2D eigenvalue weighted by Crippen LogP contribution is 1.92. The van der Waals surface area contributed by atoms with Crippen molar-refractivity contribution < 1.29 is 34.6 Å². The van der Waals surface area contributed by atoms with Crippen molar-refractivity contribution in [2.24, 2.45) is 0 Å². The van der Waals surface area contributed by atoms with Gasteiger partial charge < -0.3 is 6.15 Å². The normalized spacial score (nSPS) is 10.6. The fraction of sp³-hybridized carbons (Fsp3) is 0. The summed E-state index contributed by atoms with van der Waals surface area (Å²) in [6.07, 6.45) is 0. The predicted molar refractivity (Wildman–Crippen MR) is 36.4 cm³/mol. The Labute approximate surface area is 72.8 Å². The Kier molecular flexibility index (Phi) is 9.47. The molecule has 0 aromatic rings. The second-order valence-electron chi connectivity index (χ2n) is 0.992. The minimum atomic E-state index is -5.02. The maximum absolute atomic E-state index is 9.51. The van der Waals surface area contributed by atoms with E-state index in [1.165, 1.54) is 0 Å². The van der Waals surface area contributed by atoms with Crippen LogP contribution in [0.1, 0.15) is 0 Å². The monoisotopic (exact) mass is 242 g/mol. The lowest BCUT2D eigenvalue weighted by Gasteiger charge is -1.92. The van der Waals surface area contributed by atoms with Crippen LogP contribution in [0.4, 0.5) is 0 Å². The topological polar surface area (TPSA) is 203 Å². The fourth-order valence-corrected chi connectivity index (χ4v) is 0.632. The highest BCUT2D eigenvalue weighted by Gasteiger charge is 2.13. The number of rotatable bonds is 3. The Balaban J connectivity index is -0.000000309. The number of nitrogens with one attached hydrogen (secondary N) is 1. The molecule has 0 atom stereocenters. The standard InChI is InChI=1S/HNO.H3N.H2O8S2/c1-2;;1-9(2,3)7-8-10(4,5)6/h1H;1H3;(H,1,2,3)(H,4,5,6). The van der Waals surface area contributed by atoms with Gasteiger partial charge in [-0.25, -0.2) is 0 Å². The van der Waals surface area contributed by atoms with Crippen molar-refractivity contribution in [3.05, 3.63) is 4.91 Å². The van der Waals surface area contributed by atoms with Gasteiger partial charge in [0.2, 0.25) is 0 Å². The zero-order chi connectivity index (χ0) is 10.4. The van der Waals surface area contributed by atoms with Crippen LogP contribution < -0.4 is 6.15 Å². The van der Waals surface area contributed by atoms with Gasteiger partial charge >= 0.3 is 20.8 Å². The second-order valence-corrected chi connectivity index (χ2v) is 2.97. The van der Waals surface area contributed by atoms with Crippen LogP contribution in [0.2, 0.25) is 0 Å². The van der Waals surface area contributed by atoms with Crippen LogP contribution >= 0.6 is 0 Å². The third-order valence-electron chi connectivity index (χ3n) is 0.200. The molecule has 0 aliphatic carbocycles. The lowest BCUT2D eigenvalue weighted by atomic mass is 13.8. The third-order valence-corrected chi connectivity index (χ3v) is 0.766. The molecule has 11 nitrogen and oxygen atoms in total. The summed E-state index contributed by atoms with van der Waals surface area (Å²) < 4.78 is 58.9. The van der Waals surface area contributed by atoms with E-state index < -0.39 is 20.8 Å². The first-order valence-electron chi connectivity index (χ1n) is 1.74. The van der Waals surface area contributed by atoms with Crippen molar-refractivity contribution in [1.29, 1.82) is 5.59 Å². The number of hydrogen-bond donors (Lipinski definition) is 4. The largest absolute Gasteiger partial charge is 0.425 e. The summed E-state index contributed by atoms with van der Waals surface area (Å²) in [7, 11) is -10.0. The molecular weight excluding hydrogens is 236 g/mol. The van der Waals surface area contributed by atoms with Gasteiger partial charge in [-0.2, -0.15) is 21.7 Å². The van der Waals surface area contributed by atoms with E-state index in [4.69, 9.17) is 14.0 Å².